The normalized spacial score (nSPS) is 17.4. The van der Waals surface area contributed by atoms with Gasteiger partial charge in [0.15, 0.2) is 0 Å². The van der Waals surface area contributed by atoms with Gasteiger partial charge in [-0.05, 0) is 12.1 Å². The van der Waals surface area contributed by atoms with Gasteiger partial charge in [0.25, 0.3) is 0 Å². The summed E-state index contributed by atoms with van der Waals surface area (Å²) in [5.41, 5.74) is 0.768. The number of para-hydroxylation sites is 1. The third-order valence-electron chi connectivity index (χ3n) is 2.14. The van der Waals surface area contributed by atoms with Crippen LogP contribution >= 0.6 is 0 Å². The molecule has 0 aromatic heterocycles. The quantitative estimate of drug-likeness (QED) is 0.675. The fourth-order valence-electron chi connectivity index (χ4n) is 1.32. The summed E-state index contributed by atoms with van der Waals surface area (Å²) in [6, 6.07) is 9.22. The first-order valence-electron chi connectivity index (χ1n) is 4.52. The number of hydrogen-bond donors (Lipinski definition) is 0. The van der Waals surface area contributed by atoms with E-state index in [9.17, 15) is 4.79 Å². The van der Waals surface area contributed by atoms with E-state index < -0.39 is 0 Å². The average Bonchev–Trinajstić information content (AvgIpc) is 2.23. The fourth-order valence-corrected chi connectivity index (χ4v) is 1.32. The van der Waals surface area contributed by atoms with E-state index >= 15 is 0 Å². The predicted molar refractivity (Wildman–Crippen MR) is 52.9 cm³/mol. The van der Waals surface area contributed by atoms with E-state index in [1.165, 1.54) is 5.06 Å². The Bertz CT molecular complexity index is 326. The van der Waals surface area contributed by atoms with Crippen molar-refractivity contribution < 1.29 is 9.63 Å². The maximum absolute atomic E-state index is 11.7. The number of urea groups is 1. The number of carbonyl (C=O) groups excluding carboxylic acids is 1. The van der Waals surface area contributed by atoms with Crippen LogP contribution in [0.3, 0.4) is 0 Å². The highest BCUT2D eigenvalue weighted by atomic mass is 16.7. The number of hydroxylamine groups is 1. The molecule has 1 aromatic rings. The summed E-state index contributed by atoms with van der Waals surface area (Å²) in [7, 11) is 1.76. The minimum Gasteiger partial charge on any atom is -0.323 e. The Hall–Kier alpha value is -1.55. The minimum absolute atomic E-state index is 0.123. The second-order valence-corrected chi connectivity index (χ2v) is 3.17. The van der Waals surface area contributed by atoms with Gasteiger partial charge in [-0.1, -0.05) is 18.2 Å². The first-order valence-corrected chi connectivity index (χ1v) is 4.52. The Balaban J connectivity index is 2.22. The van der Waals surface area contributed by atoms with Crippen LogP contribution < -0.4 is 5.06 Å². The van der Waals surface area contributed by atoms with Gasteiger partial charge in [-0.2, -0.15) is 5.06 Å². The summed E-state index contributed by atoms with van der Waals surface area (Å²) in [6.45, 7) is 1.18. The van der Waals surface area contributed by atoms with Crippen LogP contribution in [0.25, 0.3) is 0 Å². The van der Waals surface area contributed by atoms with Crippen molar-refractivity contribution in [3.05, 3.63) is 30.3 Å². The summed E-state index contributed by atoms with van der Waals surface area (Å²) < 4.78 is 0. The minimum atomic E-state index is -0.123. The molecule has 0 saturated carbocycles. The molecule has 2 rings (SSSR count). The summed E-state index contributed by atoms with van der Waals surface area (Å²) >= 11 is 0. The lowest BCUT2D eigenvalue weighted by molar-refractivity contribution is 0.0623. The molecule has 1 fully saturated rings. The summed E-state index contributed by atoms with van der Waals surface area (Å²) in [5, 5.41) is 1.32. The number of benzene rings is 1. The van der Waals surface area contributed by atoms with E-state index in [2.05, 4.69) is 0 Å². The van der Waals surface area contributed by atoms with Crippen molar-refractivity contribution in [3.63, 3.8) is 0 Å². The first kappa shape index (κ1) is 9.02. The Morgan fingerprint density at radius 2 is 2.00 bits per heavy atom. The summed E-state index contributed by atoms with van der Waals surface area (Å²) in [6.07, 6.45) is 0. The van der Waals surface area contributed by atoms with E-state index in [-0.39, 0.29) is 6.03 Å². The zero-order valence-electron chi connectivity index (χ0n) is 8.01. The number of amides is 2. The molecule has 1 saturated heterocycles. The van der Waals surface area contributed by atoms with Crippen molar-refractivity contribution in [3.8, 4) is 0 Å². The SMILES string of the molecule is CN1CCON(c2ccccc2)C1=O. The molecule has 0 radical (unpaired) electrons. The largest absolute Gasteiger partial charge is 0.348 e. The molecule has 0 atom stereocenters. The third-order valence-corrected chi connectivity index (χ3v) is 2.14. The second-order valence-electron chi connectivity index (χ2n) is 3.17. The lowest BCUT2D eigenvalue weighted by Gasteiger charge is -2.32. The van der Waals surface area contributed by atoms with Gasteiger partial charge < -0.3 is 4.90 Å². The highest BCUT2D eigenvalue weighted by molar-refractivity contribution is 5.90. The number of carbonyl (C=O) groups is 1. The third kappa shape index (κ3) is 1.56. The summed E-state index contributed by atoms with van der Waals surface area (Å²) in [4.78, 5) is 18.6. The van der Waals surface area contributed by atoms with Crippen LogP contribution in [0.1, 0.15) is 0 Å². The van der Waals surface area contributed by atoms with Crippen molar-refractivity contribution in [1.29, 1.82) is 0 Å². The second kappa shape index (κ2) is 3.67. The number of likely N-dealkylation sites (N-methyl/N-ethyl adjacent to an activating group) is 1. The van der Waals surface area contributed by atoms with Gasteiger partial charge >= 0.3 is 6.03 Å². The Morgan fingerprint density at radius 1 is 1.29 bits per heavy atom. The van der Waals surface area contributed by atoms with Gasteiger partial charge in [-0.25, -0.2) is 4.79 Å². The van der Waals surface area contributed by atoms with Crippen LogP contribution in [-0.2, 0) is 4.84 Å². The van der Waals surface area contributed by atoms with Gasteiger partial charge in [0.05, 0.1) is 12.3 Å². The molecule has 0 N–H and O–H groups in total. The Labute approximate surface area is 82.6 Å². The highest BCUT2D eigenvalue weighted by Crippen LogP contribution is 2.17. The molecule has 1 aromatic carbocycles. The molecular weight excluding hydrogens is 180 g/mol. The monoisotopic (exact) mass is 192 g/mol. The zero-order valence-corrected chi connectivity index (χ0v) is 8.01. The van der Waals surface area contributed by atoms with Crippen molar-refractivity contribution in [2.24, 2.45) is 0 Å². The lowest BCUT2D eigenvalue weighted by atomic mass is 10.3. The van der Waals surface area contributed by atoms with E-state index in [0.29, 0.717) is 13.2 Å². The number of rotatable bonds is 1. The van der Waals surface area contributed by atoms with Crippen LogP contribution in [0.2, 0.25) is 0 Å². The number of anilines is 1. The standard InChI is InChI=1S/C10H12N2O2/c1-11-7-8-14-12(10(11)13)9-5-3-2-4-6-9/h2-6H,7-8H2,1H3. The van der Waals surface area contributed by atoms with Crippen LogP contribution in [0.15, 0.2) is 30.3 Å². The molecule has 14 heavy (non-hydrogen) atoms. The van der Waals surface area contributed by atoms with Gasteiger partial charge in [-0.3, -0.25) is 4.84 Å². The molecule has 4 nitrogen and oxygen atoms in total. The maximum Gasteiger partial charge on any atom is 0.348 e. The molecule has 0 spiro atoms. The van der Waals surface area contributed by atoms with Gasteiger partial charge in [0, 0.05) is 13.6 Å². The van der Waals surface area contributed by atoms with Crippen LogP contribution in [0.5, 0.6) is 0 Å². The Morgan fingerprint density at radius 3 is 2.71 bits per heavy atom. The van der Waals surface area contributed by atoms with Gasteiger partial charge in [-0.15, -0.1) is 0 Å². The van der Waals surface area contributed by atoms with Crippen molar-refractivity contribution in [2.45, 2.75) is 0 Å². The van der Waals surface area contributed by atoms with E-state index in [1.54, 1.807) is 11.9 Å². The molecule has 1 aliphatic rings. The average molecular weight is 192 g/mol. The zero-order chi connectivity index (χ0) is 9.97. The van der Waals surface area contributed by atoms with E-state index in [0.717, 1.165) is 5.69 Å². The van der Waals surface area contributed by atoms with Crippen LogP contribution in [-0.4, -0.2) is 31.1 Å². The van der Waals surface area contributed by atoms with E-state index in [1.807, 2.05) is 30.3 Å². The summed E-state index contributed by atoms with van der Waals surface area (Å²) in [5.74, 6) is 0. The predicted octanol–water partition coefficient (Wildman–Crippen LogP) is 1.49. The van der Waals surface area contributed by atoms with Crippen LogP contribution in [0.4, 0.5) is 10.5 Å². The van der Waals surface area contributed by atoms with Crippen molar-refractivity contribution in [2.75, 3.05) is 25.3 Å². The molecule has 4 heteroatoms. The Kier molecular flexibility index (Phi) is 2.37. The van der Waals surface area contributed by atoms with Crippen LogP contribution in [0, 0.1) is 0 Å². The topological polar surface area (TPSA) is 32.8 Å². The fraction of sp³-hybridized carbons (Fsp3) is 0.300. The van der Waals surface area contributed by atoms with Crippen molar-refractivity contribution >= 4 is 11.7 Å². The first-order chi connectivity index (χ1) is 6.79. The highest BCUT2D eigenvalue weighted by Gasteiger charge is 2.24. The van der Waals surface area contributed by atoms with Gasteiger partial charge in [0.2, 0.25) is 0 Å². The number of nitrogens with zero attached hydrogens (tertiary/aromatic N) is 2. The van der Waals surface area contributed by atoms with E-state index in [4.69, 9.17) is 4.84 Å². The smallest absolute Gasteiger partial charge is 0.323 e. The number of hydrogen-bond acceptors (Lipinski definition) is 2. The van der Waals surface area contributed by atoms with Crippen molar-refractivity contribution in [1.82, 2.24) is 4.90 Å². The molecule has 2 amide bonds. The molecule has 0 bridgehead atoms. The molecule has 1 aliphatic heterocycles. The molecule has 0 unspecified atom stereocenters. The molecule has 1 heterocycles. The molecular formula is C10H12N2O2. The van der Waals surface area contributed by atoms with Gasteiger partial charge in [0.1, 0.15) is 0 Å². The lowest BCUT2D eigenvalue weighted by Crippen LogP contribution is -2.48. The molecule has 0 aliphatic carbocycles. The molecule has 74 valence electrons. The maximum atomic E-state index is 11.7.